The van der Waals surface area contributed by atoms with Crippen molar-refractivity contribution < 1.29 is 14.7 Å². The molecule has 1 heterocycles. The predicted octanol–water partition coefficient (Wildman–Crippen LogP) is 2.74. The molecule has 1 aliphatic rings. The van der Waals surface area contributed by atoms with Gasteiger partial charge in [-0.05, 0) is 35.9 Å². The summed E-state index contributed by atoms with van der Waals surface area (Å²) in [4.78, 5) is 25.8. The van der Waals surface area contributed by atoms with Gasteiger partial charge in [0.25, 0.3) is 11.8 Å². The molecule has 0 fully saturated rings. The highest BCUT2D eigenvalue weighted by atomic mass is 79.9. The Labute approximate surface area is 123 Å². The van der Waals surface area contributed by atoms with Crippen molar-refractivity contribution in [3.05, 3.63) is 63.6 Å². The summed E-state index contributed by atoms with van der Waals surface area (Å²) in [5, 5.41) is 9.02. The number of amides is 2. The van der Waals surface area contributed by atoms with Gasteiger partial charge in [0.15, 0.2) is 0 Å². The third-order valence-electron chi connectivity index (χ3n) is 3.23. The molecule has 4 nitrogen and oxygen atoms in total. The molecular formula is C15H10BrNO3. The topological polar surface area (TPSA) is 57.6 Å². The lowest BCUT2D eigenvalue weighted by Gasteiger charge is -2.14. The van der Waals surface area contributed by atoms with Crippen LogP contribution >= 0.6 is 15.9 Å². The van der Waals surface area contributed by atoms with E-state index >= 15 is 0 Å². The van der Waals surface area contributed by atoms with Crippen LogP contribution in [0.4, 0.5) is 5.69 Å². The zero-order chi connectivity index (χ0) is 14.3. The summed E-state index contributed by atoms with van der Waals surface area (Å²) in [6.45, 7) is -0.0741. The second kappa shape index (κ2) is 4.85. The number of carbonyl (C=O) groups excluding carboxylic acids is 2. The molecule has 5 heteroatoms. The largest absolute Gasteiger partial charge is 0.392 e. The Bertz CT molecular complexity index is 710. The van der Waals surface area contributed by atoms with Gasteiger partial charge in [0.2, 0.25) is 0 Å². The average Bonchev–Trinajstić information content (AvgIpc) is 2.71. The number of aliphatic hydroxyl groups is 1. The van der Waals surface area contributed by atoms with Crippen LogP contribution in [-0.4, -0.2) is 16.9 Å². The number of fused-ring (bicyclic) bond motifs is 1. The van der Waals surface area contributed by atoms with Gasteiger partial charge in [-0.1, -0.05) is 28.1 Å². The van der Waals surface area contributed by atoms with E-state index in [0.29, 0.717) is 16.8 Å². The SMILES string of the molecule is O=C1c2ccc(Br)cc2C(=O)N1c1ccc(CO)cc1. The Morgan fingerprint density at radius 2 is 1.60 bits per heavy atom. The second-order valence-corrected chi connectivity index (χ2v) is 5.38. The predicted molar refractivity (Wildman–Crippen MR) is 77.6 cm³/mol. The van der Waals surface area contributed by atoms with Gasteiger partial charge in [0.05, 0.1) is 23.4 Å². The van der Waals surface area contributed by atoms with E-state index in [1.807, 2.05) is 0 Å². The first-order valence-corrected chi connectivity index (χ1v) is 6.79. The van der Waals surface area contributed by atoms with Crippen LogP contribution in [-0.2, 0) is 6.61 Å². The summed E-state index contributed by atoms with van der Waals surface area (Å²) in [6, 6.07) is 11.7. The number of halogens is 1. The standard InChI is InChI=1S/C15H10BrNO3/c16-10-3-6-12-13(7-10)15(20)17(14(12)19)11-4-1-9(8-18)2-5-11/h1-7,18H,8H2. The van der Waals surface area contributed by atoms with E-state index in [9.17, 15) is 9.59 Å². The van der Waals surface area contributed by atoms with E-state index < -0.39 is 0 Å². The van der Waals surface area contributed by atoms with Crippen LogP contribution in [0.3, 0.4) is 0 Å². The maximum atomic E-state index is 12.3. The van der Waals surface area contributed by atoms with Gasteiger partial charge < -0.3 is 5.11 Å². The van der Waals surface area contributed by atoms with Crippen molar-refractivity contribution >= 4 is 33.4 Å². The maximum Gasteiger partial charge on any atom is 0.266 e. The first-order chi connectivity index (χ1) is 9.61. The molecule has 2 aromatic carbocycles. The van der Waals surface area contributed by atoms with Crippen LogP contribution in [0.2, 0.25) is 0 Å². The van der Waals surface area contributed by atoms with E-state index in [2.05, 4.69) is 15.9 Å². The average molecular weight is 332 g/mol. The molecule has 1 N–H and O–H groups in total. The minimum absolute atomic E-state index is 0.0741. The fraction of sp³-hybridized carbons (Fsp3) is 0.0667. The van der Waals surface area contributed by atoms with Crippen molar-refractivity contribution in [2.24, 2.45) is 0 Å². The number of aliphatic hydroxyl groups excluding tert-OH is 1. The smallest absolute Gasteiger partial charge is 0.266 e. The summed E-state index contributed by atoms with van der Waals surface area (Å²) < 4.78 is 0.759. The number of rotatable bonds is 2. The first kappa shape index (κ1) is 13.0. The highest BCUT2D eigenvalue weighted by Gasteiger charge is 2.36. The summed E-state index contributed by atoms with van der Waals surface area (Å²) in [7, 11) is 0. The first-order valence-electron chi connectivity index (χ1n) is 6.00. The number of nitrogens with zero attached hydrogens (tertiary/aromatic N) is 1. The van der Waals surface area contributed by atoms with Gasteiger partial charge >= 0.3 is 0 Å². The van der Waals surface area contributed by atoms with Gasteiger partial charge in [-0.15, -0.1) is 0 Å². The van der Waals surface area contributed by atoms with Crippen molar-refractivity contribution in [2.45, 2.75) is 6.61 Å². The highest BCUT2D eigenvalue weighted by molar-refractivity contribution is 9.10. The van der Waals surface area contributed by atoms with Gasteiger partial charge in [-0.2, -0.15) is 0 Å². The molecular weight excluding hydrogens is 322 g/mol. The molecule has 0 aliphatic carbocycles. The number of carbonyl (C=O) groups is 2. The Hall–Kier alpha value is -1.98. The summed E-state index contributed by atoms with van der Waals surface area (Å²) in [5.74, 6) is -0.655. The molecule has 0 atom stereocenters. The number of anilines is 1. The normalized spacial score (nSPS) is 13.8. The minimum atomic E-state index is -0.331. The van der Waals surface area contributed by atoms with Crippen LogP contribution in [0.1, 0.15) is 26.3 Å². The van der Waals surface area contributed by atoms with Crippen LogP contribution in [0.25, 0.3) is 0 Å². The second-order valence-electron chi connectivity index (χ2n) is 4.46. The quantitative estimate of drug-likeness (QED) is 0.861. The Morgan fingerprint density at radius 1 is 0.950 bits per heavy atom. The van der Waals surface area contributed by atoms with Crippen molar-refractivity contribution in [3.8, 4) is 0 Å². The molecule has 0 bridgehead atoms. The fourth-order valence-corrected chi connectivity index (χ4v) is 2.56. The maximum absolute atomic E-state index is 12.3. The Balaban J connectivity index is 2.04. The lowest BCUT2D eigenvalue weighted by atomic mass is 10.1. The molecule has 2 amide bonds. The zero-order valence-electron chi connectivity index (χ0n) is 10.3. The van der Waals surface area contributed by atoms with Crippen molar-refractivity contribution in [1.29, 1.82) is 0 Å². The Morgan fingerprint density at radius 3 is 2.25 bits per heavy atom. The van der Waals surface area contributed by atoms with Gasteiger partial charge in [0, 0.05) is 4.47 Å². The monoisotopic (exact) mass is 331 g/mol. The van der Waals surface area contributed by atoms with Crippen LogP contribution < -0.4 is 4.90 Å². The van der Waals surface area contributed by atoms with E-state index in [-0.39, 0.29) is 18.4 Å². The van der Waals surface area contributed by atoms with Gasteiger partial charge in [0.1, 0.15) is 0 Å². The van der Waals surface area contributed by atoms with E-state index in [0.717, 1.165) is 14.9 Å². The summed E-state index contributed by atoms with van der Waals surface area (Å²) in [6.07, 6.45) is 0. The molecule has 0 saturated heterocycles. The van der Waals surface area contributed by atoms with Crippen molar-refractivity contribution in [3.63, 3.8) is 0 Å². The van der Waals surface area contributed by atoms with E-state index in [1.165, 1.54) is 0 Å². The highest BCUT2D eigenvalue weighted by Crippen LogP contribution is 2.30. The van der Waals surface area contributed by atoms with Crippen LogP contribution in [0.5, 0.6) is 0 Å². The fourth-order valence-electron chi connectivity index (χ4n) is 2.20. The number of benzene rings is 2. The number of hydrogen-bond acceptors (Lipinski definition) is 3. The lowest BCUT2D eigenvalue weighted by molar-refractivity contribution is 0.0926. The molecule has 1 aliphatic heterocycles. The molecule has 0 aromatic heterocycles. The lowest BCUT2D eigenvalue weighted by Crippen LogP contribution is -2.29. The van der Waals surface area contributed by atoms with Crippen LogP contribution in [0, 0.1) is 0 Å². The zero-order valence-corrected chi connectivity index (χ0v) is 11.9. The molecule has 0 spiro atoms. The third-order valence-corrected chi connectivity index (χ3v) is 3.72. The van der Waals surface area contributed by atoms with E-state index in [1.54, 1.807) is 42.5 Å². The summed E-state index contributed by atoms with van der Waals surface area (Å²) in [5.41, 5.74) is 2.04. The molecule has 20 heavy (non-hydrogen) atoms. The number of hydrogen-bond donors (Lipinski definition) is 1. The minimum Gasteiger partial charge on any atom is -0.392 e. The molecule has 0 saturated carbocycles. The van der Waals surface area contributed by atoms with Crippen molar-refractivity contribution in [2.75, 3.05) is 4.90 Å². The molecule has 0 radical (unpaired) electrons. The van der Waals surface area contributed by atoms with Crippen LogP contribution in [0.15, 0.2) is 46.9 Å². The molecule has 2 aromatic rings. The third kappa shape index (κ3) is 1.95. The summed E-state index contributed by atoms with van der Waals surface area (Å²) >= 11 is 3.30. The van der Waals surface area contributed by atoms with Gasteiger partial charge in [-0.25, -0.2) is 4.90 Å². The van der Waals surface area contributed by atoms with Crippen molar-refractivity contribution in [1.82, 2.24) is 0 Å². The molecule has 3 rings (SSSR count). The number of imide groups is 1. The van der Waals surface area contributed by atoms with Gasteiger partial charge in [-0.3, -0.25) is 9.59 Å². The van der Waals surface area contributed by atoms with E-state index in [4.69, 9.17) is 5.11 Å². The molecule has 0 unspecified atom stereocenters. The Kier molecular flexibility index (Phi) is 3.16. The molecule has 100 valence electrons.